The lowest BCUT2D eigenvalue weighted by Gasteiger charge is -2.31. The highest BCUT2D eigenvalue weighted by molar-refractivity contribution is 7.91. The van der Waals surface area contributed by atoms with Crippen molar-refractivity contribution in [3.8, 4) is 0 Å². The Balaban J connectivity index is 2.28. The highest BCUT2D eigenvalue weighted by Crippen LogP contribution is 2.29. The number of hydrogen-bond acceptors (Lipinski definition) is 4. The van der Waals surface area contributed by atoms with E-state index in [1.807, 2.05) is 6.92 Å². The molecule has 0 aromatic carbocycles. The Labute approximate surface area is 106 Å². The lowest BCUT2D eigenvalue weighted by Crippen LogP contribution is -2.41. The molecule has 1 aliphatic heterocycles. The molecule has 1 atom stereocenters. The van der Waals surface area contributed by atoms with Crippen LogP contribution in [-0.4, -0.2) is 25.3 Å². The van der Waals surface area contributed by atoms with Gasteiger partial charge < -0.3 is 5.73 Å². The Morgan fingerprint density at radius 1 is 1.47 bits per heavy atom. The Bertz CT molecular complexity index is 481. The molecule has 1 aliphatic rings. The number of nitrogens with two attached hydrogens (primary N) is 1. The maximum Gasteiger partial charge on any atom is 0.252 e. The van der Waals surface area contributed by atoms with Gasteiger partial charge in [0.15, 0.2) is 0 Å². The van der Waals surface area contributed by atoms with Crippen molar-refractivity contribution in [2.24, 2.45) is 5.73 Å². The van der Waals surface area contributed by atoms with Gasteiger partial charge in [0.25, 0.3) is 10.0 Å². The Hall–Kier alpha value is -0.430. The molecule has 0 radical (unpaired) electrons. The molecule has 1 aromatic heterocycles. The van der Waals surface area contributed by atoms with Gasteiger partial charge in [0.1, 0.15) is 4.21 Å². The normalized spacial score (nSPS) is 22.8. The van der Waals surface area contributed by atoms with Crippen molar-refractivity contribution in [3.63, 3.8) is 0 Å². The Morgan fingerprint density at radius 2 is 2.24 bits per heavy atom. The largest absolute Gasteiger partial charge is 0.326 e. The third kappa shape index (κ3) is 2.54. The van der Waals surface area contributed by atoms with E-state index in [9.17, 15) is 8.42 Å². The molecule has 0 saturated carbocycles. The molecule has 17 heavy (non-hydrogen) atoms. The molecule has 0 spiro atoms. The molecule has 4 nitrogen and oxygen atoms in total. The van der Waals surface area contributed by atoms with Crippen LogP contribution in [0.2, 0.25) is 0 Å². The first-order chi connectivity index (χ1) is 8.05. The van der Waals surface area contributed by atoms with E-state index in [2.05, 4.69) is 0 Å². The van der Waals surface area contributed by atoms with Crippen LogP contribution in [0, 0.1) is 0 Å². The van der Waals surface area contributed by atoms with Crippen LogP contribution >= 0.6 is 11.3 Å². The van der Waals surface area contributed by atoms with Gasteiger partial charge in [0.05, 0.1) is 0 Å². The van der Waals surface area contributed by atoms with Crippen molar-refractivity contribution in [1.29, 1.82) is 0 Å². The van der Waals surface area contributed by atoms with Crippen LogP contribution < -0.4 is 5.73 Å². The summed E-state index contributed by atoms with van der Waals surface area (Å²) in [5.41, 5.74) is 5.51. The smallest absolute Gasteiger partial charge is 0.252 e. The van der Waals surface area contributed by atoms with Gasteiger partial charge in [-0.25, -0.2) is 8.42 Å². The summed E-state index contributed by atoms with van der Waals surface area (Å²) in [6, 6.07) is 3.58. The van der Waals surface area contributed by atoms with Gasteiger partial charge in [0.2, 0.25) is 0 Å². The second kappa shape index (κ2) is 5.06. The third-order valence-electron chi connectivity index (χ3n) is 3.14. The second-order valence-corrected chi connectivity index (χ2v) is 7.67. The molecule has 0 bridgehead atoms. The van der Waals surface area contributed by atoms with Crippen LogP contribution in [0.5, 0.6) is 0 Å². The number of piperidine rings is 1. The maximum absolute atomic E-state index is 12.4. The molecule has 6 heteroatoms. The van der Waals surface area contributed by atoms with Crippen molar-refractivity contribution in [1.82, 2.24) is 4.31 Å². The predicted octanol–water partition coefficient (Wildman–Crippen LogP) is 1.77. The molecule has 96 valence electrons. The number of hydrogen-bond donors (Lipinski definition) is 1. The summed E-state index contributed by atoms with van der Waals surface area (Å²) in [5.74, 6) is 0. The molecule has 1 fully saturated rings. The van der Waals surface area contributed by atoms with E-state index in [1.54, 1.807) is 16.4 Å². The average Bonchev–Trinajstić information content (AvgIpc) is 2.78. The van der Waals surface area contributed by atoms with Gasteiger partial charge in [-0.3, -0.25) is 0 Å². The number of nitrogens with zero attached hydrogens (tertiary/aromatic N) is 1. The summed E-state index contributed by atoms with van der Waals surface area (Å²) in [5, 5.41) is 0. The third-order valence-corrected chi connectivity index (χ3v) is 6.73. The predicted molar refractivity (Wildman–Crippen MR) is 69.4 cm³/mol. The molecule has 1 aromatic rings. The van der Waals surface area contributed by atoms with Gasteiger partial charge in [-0.2, -0.15) is 4.31 Å². The standard InChI is InChI=1S/C11H18N2O2S2/c1-9-4-2-3-7-13(9)17(14,15)11-6-5-10(8-12)16-11/h5-6,9H,2-4,7-8,12H2,1H3. The molecular formula is C11H18N2O2S2. The SMILES string of the molecule is CC1CCCCN1S(=O)(=O)c1ccc(CN)s1. The monoisotopic (exact) mass is 274 g/mol. The molecule has 0 amide bonds. The van der Waals surface area contributed by atoms with Crippen LogP contribution in [0.4, 0.5) is 0 Å². The average molecular weight is 274 g/mol. The van der Waals surface area contributed by atoms with Crippen molar-refractivity contribution >= 4 is 21.4 Å². The topological polar surface area (TPSA) is 63.4 Å². The van der Waals surface area contributed by atoms with Gasteiger partial charge in [-0.15, -0.1) is 11.3 Å². The van der Waals surface area contributed by atoms with Gasteiger partial charge >= 0.3 is 0 Å². The van der Waals surface area contributed by atoms with Crippen molar-refractivity contribution < 1.29 is 8.42 Å². The molecule has 2 N–H and O–H groups in total. The van der Waals surface area contributed by atoms with E-state index in [-0.39, 0.29) is 6.04 Å². The van der Waals surface area contributed by atoms with Crippen molar-refractivity contribution in [2.45, 2.75) is 43.0 Å². The molecule has 2 heterocycles. The minimum atomic E-state index is -3.30. The van der Waals surface area contributed by atoms with Gasteiger partial charge in [-0.05, 0) is 31.9 Å². The highest BCUT2D eigenvalue weighted by Gasteiger charge is 2.31. The van der Waals surface area contributed by atoms with Crippen LogP contribution in [0.1, 0.15) is 31.1 Å². The van der Waals surface area contributed by atoms with Crippen LogP contribution in [0.3, 0.4) is 0 Å². The summed E-state index contributed by atoms with van der Waals surface area (Å²) in [6.45, 7) is 3.02. The number of thiophene rings is 1. The quantitative estimate of drug-likeness (QED) is 0.913. The molecule has 0 aliphatic carbocycles. The summed E-state index contributed by atoms with van der Waals surface area (Å²) in [7, 11) is -3.30. The first kappa shape index (κ1) is 13.0. The van der Waals surface area contributed by atoms with Crippen molar-refractivity contribution in [3.05, 3.63) is 17.0 Å². The lowest BCUT2D eigenvalue weighted by atomic mass is 10.1. The van der Waals surface area contributed by atoms with E-state index in [0.717, 1.165) is 24.1 Å². The lowest BCUT2D eigenvalue weighted by molar-refractivity contribution is 0.269. The number of sulfonamides is 1. The van der Waals surface area contributed by atoms with E-state index in [4.69, 9.17) is 5.73 Å². The molecule has 2 rings (SSSR count). The maximum atomic E-state index is 12.4. The first-order valence-electron chi connectivity index (χ1n) is 5.86. The zero-order chi connectivity index (χ0) is 12.5. The summed E-state index contributed by atoms with van der Waals surface area (Å²) in [4.78, 5) is 0.910. The fourth-order valence-electron chi connectivity index (χ4n) is 2.15. The Morgan fingerprint density at radius 3 is 2.82 bits per heavy atom. The summed E-state index contributed by atoms with van der Waals surface area (Å²) >= 11 is 1.28. The molecule has 1 saturated heterocycles. The zero-order valence-electron chi connectivity index (χ0n) is 9.93. The van der Waals surface area contributed by atoms with E-state index in [0.29, 0.717) is 17.3 Å². The molecular weight excluding hydrogens is 256 g/mol. The fourth-order valence-corrected chi connectivity index (χ4v) is 5.21. The summed E-state index contributed by atoms with van der Waals surface area (Å²) in [6.07, 6.45) is 3.03. The van der Waals surface area contributed by atoms with Crippen LogP contribution in [0.25, 0.3) is 0 Å². The molecule has 1 unspecified atom stereocenters. The first-order valence-corrected chi connectivity index (χ1v) is 8.12. The highest BCUT2D eigenvalue weighted by atomic mass is 32.2. The minimum absolute atomic E-state index is 0.108. The van der Waals surface area contributed by atoms with Crippen LogP contribution in [-0.2, 0) is 16.6 Å². The van der Waals surface area contributed by atoms with Gasteiger partial charge in [-0.1, -0.05) is 6.42 Å². The minimum Gasteiger partial charge on any atom is -0.326 e. The second-order valence-electron chi connectivity index (χ2n) is 4.39. The van der Waals surface area contributed by atoms with Gasteiger partial charge in [0, 0.05) is 24.0 Å². The van der Waals surface area contributed by atoms with E-state index >= 15 is 0 Å². The van der Waals surface area contributed by atoms with E-state index < -0.39 is 10.0 Å². The van der Waals surface area contributed by atoms with Crippen molar-refractivity contribution in [2.75, 3.05) is 6.54 Å². The summed E-state index contributed by atoms with van der Waals surface area (Å²) < 4.78 is 26.9. The number of rotatable bonds is 3. The van der Waals surface area contributed by atoms with Crippen LogP contribution in [0.15, 0.2) is 16.3 Å². The zero-order valence-corrected chi connectivity index (χ0v) is 11.6. The van der Waals surface area contributed by atoms with E-state index in [1.165, 1.54) is 11.3 Å². The Kier molecular flexibility index (Phi) is 3.87. The fraction of sp³-hybridized carbons (Fsp3) is 0.636.